The summed E-state index contributed by atoms with van der Waals surface area (Å²) in [5.41, 5.74) is -3.47. The molecule has 3 aliphatic rings. The number of aromatic nitrogens is 1. The molecule has 1 heterocycles. The van der Waals surface area contributed by atoms with Crippen LogP contribution in [-0.2, 0) is 6.42 Å². The number of hydrogen-bond donors (Lipinski definition) is 4. The maximum atomic E-state index is 13.5. The van der Waals surface area contributed by atoms with E-state index in [0.717, 1.165) is 13.2 Å². The van der Waals surface area contributed by atoms with Gasteiger partial charge in [-0.1, -0.05) is 24.3 Å². The van der Waals surface area contributed by atoms with Gasteiger partial charge in [0.2, 0.25) is 16.3 Å². The molecule has 2 aromatic rings. The van der Waals surface area contributed by atoms with Crippen LogP contribution in [-0.4, -0.2) is 27.4 Å². The first-order valence-electron chi connectivity index (χ1n) is 12.3. The summed E-state index contributed by atoms with van der Waals surface area (Å²) in [5.74, 6) is -2.56. The molecule has 0 amide bonds. The van der Waals surface area contributed by atoms with E-state index in [-0.39, 0.29) is 17.4 Å². The number of fused-ring (bicyclic) bond motifs is 2. The Kier molecular flexibility index (Phi) is 6.46. The fraction of sp³-hybridized carbons (Fsp3) is 0.167. The van der Waals surface area contributed by atoms with Crippen LogP contribution in [0.3, 0.4) is 0 Å². The van der Waals surface area contributed by atoms with Crippen LogP contribution in [0.1, 0.15) is 36.1 Å². The van der Waals surface area contributed by atoms with Crippen LogP contribution in [0.5, 0.6) is 11.5 Å². The molecule has 10 heteroatoms. The summed E-state index contributed by atoms with van der Waals surface area (Å²) < 4.78 is 4.85. The number of rotatable bonds is 4. The van der Waals surface area contributed by atoms with Crippen LogP contribution >= 0.6 is 0 Å². The van der Waals surface area contributed by atoms with Crippen LogP contribution in [0.4, 0.5) is 0 Å². The number of pyridine rings is 1. The number of hydrogen-bond acceptors (Lipinski definition) is 9. The minimum Gasteiger partial charge on any atom is -0.515 e. The number of nitrogens with one attached hydrogen (secondary N) is 1. The number of ether oxygens (including phenoxy) is 1. The largest absolute Gasteiger partial charge is 0.515 e. The summed E-state index contributed by atoms with van der Waals surface area (Å²) >= 11 is 0. The van der Waals surface area contributed by atoms with Gasteiger partial charge in [-0.3, -0.25) is 24.0 Å². The number of allylic oxidation sites excluding steroid dienone is 3. The molecule has 0 radical (unpaired) electrons. The second kappa shape index (κ2) is 9.81. The van der Waals surface area contributed by atoms with Gasteiger partial charge in [-0.15, -0.1) is 0 Å². The number of aromatic amines is 1. The molecule has 4 N–H and O–H groups in total. The third-order valence-electron chi connectivity index (χ3n) is 7.22. The second-order valence-electron chi connectivity index (χ2n) is 9.41. The van der Waals surface area contributed by atoms with Crippen LogP contribution in [0.2, 0.25) is 0 Å². The monoisotopic (exact) mass is 541 g/mol. The lowest BCUT2D eigenvalue weighted by Crippen LogP contribution is -2.53. The molecule has 0 aliphatic heterocycles. The Morgan fingerprint density at radius 2 is 1.77 bits per heavy atom. The molecule has 1 atom stereocenters. The van der Waals surface area contributed by atoms with Gasteiger partial charge in [0.15, 0.2) is 11.2 Å². The van der Waals surface area contributed by atoms with Crippen LogP contribution in [0, 0.1) is 10.4 Å². The number of aromatic hydroxyl groups is 1. The molecule has 0 spiro atoms. The van der Waals surface area contributed by atoms with Crippen molar-refractivity contribution in [2.45, 2.75) is 25.7 Å². The summed E-state index contributed by atoms with van der Waals surface area (Å²) in [6, 6.07) is 4.19. The molecule has 40 heavy (non-hydrogen) atoms. The molecule has 0 saturated heterocycles. The number of benzene rings is 1. The maximum absolute atomic E-state index is 13.5. The Morgan fingerprint density at radius 3 is 2.45 bits per heavy atom. The molecule has 0 fully saturated rings. The Morgan fingerprint density at radius 1 is 1.02 bits per heavy atom. The van der Waals surface area contributed by atoms with Crippen molar-refractivity contribution in [1.82, 2.24) is 4.98 Å². The summed E-state index contributed by atoms with van der Waals surface area (Å²) in [7, 11) is 1.12. The zero-order valence-corrected chi connectivity index (χ0v) is 21.4. The van der Waals surface area contributed by atoms with E-state index in [1.807, 2.05) is 13.0 Å². The van der Waals surface area contributed by atoms with Crippen molar-refractivity contribution in [1.29, 1.82) is 0 Å². The van der Waals surface area contributed by atoms with Crippen LogP contribution in [0.25, 0.3) is 28.9 Å². The summed E-state index contributed by atoms with van der Waals surface area (Å²) in [6.45, 7) is 1.85. The van der Waals surface area contributed by atoms with Crippen molar-refractivity contribution in [2.75, 3.05) is 7.11 Å². The fourth-order valence-electron chi connectivity index (χ4n) is 5.44. The van der Waals surface area contributed by atoms with E-state index in [2.05, 4.69) is 4.98 Å². The standard InChI is InChI=1S/C30H23NO9/c1-3-4-5-6-15-10-14-9-13-7-8-16(20(13)28(37)21(14)30(39)31-15)25(34)22-17(12-32)26(35)24-23(29(22)38)18(33)11-19(40-2)27(24)36/h3-6,9-12,16,32,34,37H,7-8H2,1-2H3,(H,31,39)/b4-3+,6-5+,17-12?,25-22?. The third kappa shape index (κ3) is 3.84. The molecular weight excluding hydrogens is 518 g/mol. The predicted molar refractivity (Wildman–Crippen MR) is 149 cm³/mol. The van der Waals surface area contributed by atoms with Gasteiger partial charge < -0.3 is 25.0 Å². The van der Waals surface area contributed by atoms with Gasteiger partial charge >= 0.3 is 0 Å². The molecule has 1 unspecified atom stereocenters. The lowest BCUT2D eigenvalue weighted by Gasteiger charge is -2.14. The highest BCUT2D eigenvalue weighted by Gasteiger charge is 2.32. The summed E-state index contributed by atoms with van der Waals surface area (Å²) in [4.78, 5) is 67.7. The summed E-state index contributed by atoms with van der Waals surface area (Å²) in [5, 5.41) is 30.1. The van der Waals surface area contributed by atoms with E-state index >= 15 is 0 Å². The first kappa shape index (κ1) is 26.4. The normalized spacial score (nSPS) is 16.4. The molecule has 10 nitrogen and oxygen atoms in total. The topological polar surface area (TPSA) is 171 Å². The maximum Gasteiger partial charge on any atom is 0.260 e. The molecule has 3 aliphatic carbocycles. The lowest BCUT2D eigenvalue weighted by atomic mass is 9.93. The van der Waals surface area contributed by atoms with E-state index < -0.39 is 71.3 Å². The van der Waals surface area contributed by atoms with Crippen molar-refractivity contribution < 1.29 is 20.1 Å². The molecule has 5 rings (SSSR count). The molecule has 1 aromatic heterocycles. The number of aliphatic hydroxyl groups is 2. The van der Waals surface area contributed by atoms with E-state index in [0.29, 0.717) is 29.3 Å². The molecule has 1 aromatic carbocycles. The Balaban J connectivity index is 1.85. The Labute approximate surface area is 223 Å². The van der Waals surface area contributed by atoms with E-state index in [1.54, 1.807) is 30.4 Å². The highest BCUT2D eigenvalue weighted by molar-refractivity contribution is 5.91. The highest BCUT2D eigenvalue weighted by atomic mass is 16.5. The first-order chi connectivity index (χ1) is 19.1. The second-order valence-corrected chi connectivity index (χ2v) is 9.41. The first-order valence-corrected chi connectivity index (χ1v) is 12.3. The van der Waals surface area contributed by atoms with Crippen molar-refractivity contribution in [3.05, 3.63) is 125 Å². The zero-order chi connectivity index (χ0) is 28.9. The van der Waals surface area contributed by atoms with Gasteiger partial charge in [-0.2, -0.15) is 0 Å². The molecule has 202 valence electrons. The van der Waals surface area contributed by atoms with Gasteiger partial charge in [-0.25, -0.2) is 0 Å². The lowest BCUT2D eigenvalue weighted by molar-refractivity contribution is 0.410. The molecular formula is C30H23NO9. The Bertz CT molecular complexity index is 2250. The van der Waals surface area contributed by atoms with E-state index in [1.165, 1.54) is 0 Å². The average Bonchev–Trinajstić information content (AvgIpc) is 3.35. The van der Waals surface area contributed by atoms with Crippen molar-refractivity contribution >= 4 is 28.9 Å². The van der Waals surface area contributed by atoms with Crippen LogP contribution in [0.15, 0.2) is 60.4 Å². The van der Waals surface area contributed by atoms with Crippen molar-refractivity contribution in [3.63, 3.8) is 0 Å². The smallest absolute Gasteiger partial charge is 0.260 e. The molecule has 0 saturated carbocycles. The SMILES string of the molecule is C/C=C/C=C/c1cc2cc3c(c(O)c2c(=O)[nH]1)C(C(O)=c1c(=O)c2c(=O)cc(OC)c(=O)c=2c(=O)c1=CO)CC3. The van der Waals surface area contributed by atoms with Crippen molar-refractivity contribution in [2.24, 2.45) is 0 Å². The van der Waals surface area contributed by atoms with Gasteiger partial charge in [0.25, 0.3) is 5.56 Å². The average molecular weight is 542 g/mol. The van der Waals surface area contributed by atoms with Gasteiger partial charge in [0, 0.05) is 23.2 Å². The number of aryl methyl sites for hydroxylation is 1. The number of H-pyrrole nitrogens is 1. The third-order valence-corrected chi connectivity index (χ3v) is 7.22. The van der Waals surface area contributed by atoms with Crippen molar-refractivity contribution in [3.8, 4) is 11.5 Å². The minimum atomic E-state index is -1.13. The predicted octanol–water partition coefficient (Wildman–Crippen LogP) is 0.565. The zero-order valence-electron chi connectivity index (χ0n) is 21.4. The highest BCUT2D eigenvalue weighted by Crippen LogP contribution is 2.45. The Hall–Kier alpha value is -5.25. The minimum absolute atomic E-state index is 0.0223. The van der Waals surface area contributed by atoms with Gasteiger partial charge in [0.05, 0.1) is 39.6 Å². The quantitative estimate of drug-likeness (QED) is 0.270. The van der Waals surface area contributed by atoms with E-state index in [4.69, 9.17) is 4.74 Å². The fourth-order valence-corrected chi connectivity index (χ4v) is 5.44. The summed E-state index contributed by atoms with van der Waals surface area (Å²) in [6.07, 6.45) is 7.89. The number of methoxy groups -OCH3 is 1. The number of phenols is 1. The molecule has 0 bridgehead atoms. The van der Waals surface area contributed by atoms with Gasteiger partial charge in [-0.05, 0) is 42.9 Å². The number of aliphatic hydroxyl groups excluding tert-OH is 2. The van der Waals surface area contributed by atoms with E-state index in [9.17, 15) is 39.3 Å². The van der Waals surface area contributed by atoms with Gasteiger partial charge in [0.1, 0.15) is 11.5 Å². The van der Waals surface area contributed by atoms with Crippen LogP contribution < -0.4 is 42.4 Å². The number of phenolic OH excluding ortho intramolecular Hbond substituents is 1.